The highest BCUT2D eigenvalue weighted by Crippen LogP contribution is 2.37. The summed E-state index contributed by atoms with van der Waals surface area (Å²) in [5.41, 5.74) is 3.54. The predicted molar refractivity (Wildman–Crippen MR) is 143 cm³/mol. The lowest BCUT2D eigenvalue weighted by Crippen LogP contribution is -2.66. The van der Waals surface area contributed by atoms with E-state index in [-0.39, 0.29) is 17.4 Å². The minimum Gasteiger partial charge on any atom is -0.466 e. The van der Waals surface area contributed by atoms with Crippen molar-refractivity contribution in [2.75, 3.05) is 6.61 Å². The molecule has 4 rings (SSSR count). The number of imidazole rings is 1. The summed E-state index contributed by atoms with van der Waals surface area (Å²) in [5.74, 6) is -0.244. The van der Waals surface area contributed by atoms with Crippen LogP contribution in [0.5, 0.6) is 0 Å². The molecule has 0 saturated carbocycles. The Bertz CT molecular complexity index is 1250. The van der Waals surface area contributed by atoms with Gasteiger partial charge in [-0.05, 0) is 40.9 Å². The van der Waals surface area contributed by atoms with Gasteiger partial charge in [0.15, 0.2) is 0 Å². The normalized spacial score (nSPS) is 12.1. The summed E-state index contributed by atoms with van der Waals surface area (Å²) in [6.07, 6.45) is 2.24. The Kier molecular flexibility index (Phi) is 7.24. The third-order valence-corrected chi connectivity index (χ3v) is 11.5. The average molecular weight is 487 g/mol. The maximum Gasteiger partial charge on any atom is 0.311 e. The van der Waals surface area contributed by atoms with E-state index in [2.05, 4.69) is 92.5 Å². The predicted octanol–water partition coefficient (Wildman–Crippen LogP) is 4.82. The van der Waals surface area contributed by atoms with Crippen LogP contribution in [0.4, 0.5) is 0 Å². The van der Waals surface area contributed by atoms with Crippen LogP contribution in [0.25, 0.3) is 5.65 Å². The first-order valence-electron chi connectivity index (χ1n) is 12.1. The second-order valence-corrected chi connectivity index (χ2v) is 14.1. The Hall–Kier alpha value is -3.22. The molecule has 35 heavy (non-hydrogen) atoms. The topological polar surface area (TPSA) is 52.8 Å². The maximum atomic E-state index is 12.2. The van der Waals surface area contributed by atoms with Gasteiger partial charge in [0.2, 0.25) is 0 Å². The number of aromatic nitrogens is 2. The van der Waals surface area contributed by atoms with Crippen LogP contribution < -0.4 is 10.4 Å². The molecule has 0 spiro atoms. The molecule has 0 amide bonds. The van der Waals surface area contributed by atoms with E-state index in [1.165, 1.54) is 10.4 Å². The van der Waals surface area contributed by atoms with Crippen molar-refractivity contribution in [1.82, 2.24) is 9.38 Å². The summed E-state index contributed by atoms with van der Waals surface area (Å²) in [7, 11) is -2.64. The number of carbonyl (C=O) groups is 1. The zero-order valence-corrected chi connectivity index (χ0v) is 22.2. The SMILES string of the molecule is CCOC(=O)Cc1c(C)nc2ccc(CO[Si](c3ccccc3)(c3ccccc3)C(C)(C)C)cn12. The molecule has 2 aromatic heterocycles. The molecule has 2 heterocycles. The van der Waals surface area contributed by atoms with Crippen molar-refractivity contribution in [3.8, 4) is 0 Å². The smallest absolute Gasteiger partial charge is 0.311 e. The summed E-state index contributed by atoms with van der Waals surface area (Å²) >= 11 is 0. The van der Waals surface area contributed by atoms with Gasteiger partial charge in [-0.3, -0.25) is 4.79 Å². The molecule has 2 aromatic carbocycles. The molecule has 0 bridgehead atoms. The first-order chi connectivity index (χ1) is 16.8. The molecule has 0 aliphatic heterocycles. The van der Waals surface area contributed by atoms with E-state index in [0.29, 0.717) is 13.2 Å². The van der Waals surface area contributed by atoms with Crippen molar-refractivity contribution < 1.29 is 14.0 Å². The molecule has 0 aliphatic rings. The van der Waals surface area contributed by atoms with Crippen LogP contribution >= 0.6 is 0 Å². The van der Waals surface area contributed by atoms with Gasteiger partial charge in [0.25, 0.3) is 8.32 Å². The molecule has 0 radical (unpaired) electrons. The van der Waals surface area contributed by atoms with E-state index in [9.17, 15) is 4.79 Å². The van der Waals surface area contributed by atoms with Crippen LogP contribution in [0.3, 0.4) is 0 Å². The molecule has 0 saturated heterocycles. The van der Waals surface area contributed by atoms with Crippen molar-refractivity contribution in [2.45, 2.75) is 52.7 Å². The third-order valence-electron chi connectivity index (χ3n) is 6.47. The summed E-state index contributed by atoms with van der Waals surface area (Å²) in [5, 5.41) is 2.41. The zero-order chi connectivity index (χ0) is 25.1. The number of hydrogen-bond donors (Lipinski definition) is 0. The van der Waals surface area contributed by atoms with Gasteiger partial charge in [-0.1, -0.05) is 87.5 Å². The van der Waals surface area contributed by atoms with Crippen molar-refractivity contribution in [2.24, 2.45) is 0 Å². The van der Waals surface area contributed by atoms with E-state index in [0.717, 1.165) is 22.6 Å². The minimum absolute atomic E-state index is 0.0968. The molecule has 4 aromatic rings. The number of nitrogens with zero attached hydrogens (tertiary/aromatic N) is 2. The fourth-order valence-corrected chi connectivity index (χ4v) is 9.39. The van der Waals surface area contributed by atoms with E-state index in [4.69, 9.17) is 9.16 Å². The van der Waals surface area contributed by atoms with Crippen LogP contribution in [0.15, 0.2) is 79.0 Å². The highest BCUT2D eigenvalue weighted by molar-refractivity contribution is 6.99. The van der Waals surface area contributed by atoms with Crippen LogP contribution in [0.2, 0.25) is 5.04 Å². The number of ether oxygens (including phenoxy) is 1. The Morgan fingerprint density at radius 3 is 2.09 bits per heavy atom. The number of carbonyl (C=O) groups excluding carboxylic acids is 1. The Morgan fingerprint density at radius 1 is 0.943 bits per heavy atom. The molecular formula is C29H34N2O3Si. The van der Waals surface area contributed by atoms with Crippen molar-refractivity contribution in [3.63, 3.8) is 0 Å². The number of aryl methyl sites for hydroxylation is 1. The van der Waals surface area contributed by atoms with Crippen LogP contribution in [0, 0.1) is 6.92 Å². The van der Waals surface area contributed by atoms with Gasteiger partial charge in [-0.15, -0.1) is 0 Å². The number of rotatable bonds is 8. The first kappa shape index (κ1) is 24.9. The summed E-state index contributed by atoms with van der Waals surface area (Å²) in [6, 6.07) is 25.3. The monoisotopic (exact) mass is 486 g/mol. The molecule has 0 atom stereocenters. The molecule has 182 valence electrons. The van der Waals surface area contributed by atoms with E-state index < -0.39 is 8.32 Å². The van der Waals surface area contributed by atoms with Gasteiger partial charge in [-0.2, -0.15) is 0 Å². The number of benzene rings is 2. The van der Waals surface area contributed by atoms with Crippen molar-refractivity contribution >= 4 is 30.3 Å². The second-order valence-electron chi connectivity index (χ2n) is 9.84. The van der Waals surface area contributed by atoms with Gasteiger partial charge < -0.3 is 13.6 Å². The van der Waals surface area contributed by atoms with Crippen molar-refractivity contribution in [3.05, 3.63) is 95.9 Å². The average Bonchev–Trinajstić information content (AvgIpc) is 3.14. The zero-order valence-electron chi connectivity index (χ0n) is 21.2. The molecule has 6 heteroatoms. The molecular weight excluding hydrogens is 452 g/mol. The molecule has 0 unspecified atom stereocenters. The maximum absolute atomic E-state index is 12.2. The standard InChI is InChI=1S/C29H34N2O3Si/c1-6-33-28(32)19-26-22(2)30-27-18-17-23(20-31(26)27)21-34-35(29(3,4)5,24-13-9-7-10-14-24)25-15-11-8-12-16-25/h7-18,20H,6,19,21H2,1-5H3. The van der Waals surface area contributed by atoms with Gasteiger partial charge >= 0.3 is 5.97 Å². The quantitative estimate of drug-likeness (QED) is 0.265. The van der Waals surface area contributed by atoms with E-state index in [1.807, 2.05) is 30.5 Å². The fourth-order valence-electron chi connectivity index (χ4n) is 4.86. The van der Waals surface area contributed by atoms with Crippen molar-refractivity contribution in [1.29, 1.82) is 0 Å². The van der Waals surface area contributed by atoms with Gasteiger partial charge in [0, 0.05) is 6.20 Å². The molecule has 0 aliphatic carbocycles. The lowest BCUT2D eigenvalue weighted by atomic mass is 10.2. The Balaban J connectivity index is 1.74. The molecule has 0 N–H and O–H groups in total. The number of esters is 1. The highest BCUT2D eigenvalue weighted by atomic mass is 28.4. The molecule has 5 nitrogen and oxygen atoms in total. The first-order valence-corrected chi connectivity index (χ1v) is 14.0. The lowest BCUT2D eigenvalue weighted by Gasteiger charge is -2.43. The van der Waals surface area contributed by atoms with Gasteiger partial charge in [0.05, 0.1) is 31.0 Å². The highest BCUT2D eigenvalue weighted by Gasteiger charge is 2.50. The fraction of sp³-hybridized carbons (Fsp3) is 0.310. The Labute approximate surface area is 208 Å². The summed E-state index contributed by atoms with van der Waals surface area (Å²) < 4.78 is 14.3. The Morgan fingerprint density at radius 2 is 1.54 bits per heavy atom. The van der Waals surface area contributed by atoms with Gasteiger partial charge in [0.1, 0.15) is 5.65 Å². The van der Waals surface area contributed by atoms with Crippen LogP contribution in [-0.2, 0) is 27.0 Å². The van der Waals surface area contributed by atoms with Crippen LogP contribution in [-0.4, -0.2) is 30.3 Å². The third kappa shape index (κ3) is 4.95. The molecule has 0 fully saturated rings. The summed E-state index contributed by atoms with van der Waals surface area (Å²) in [6.45, 7) is 11.4. The largest absolute Gasteiger partial charge is 0.466 e. The van der Waals surface area contributed by atoms with E-state index >= 15 is 0 Å². The van der Waals surface area contributed by atoms with Gasteiger partial charge in [-0.25, -0.2) is 4.98 Å². The number of pyridine rings is 1. The summed E-state index contributed by atoms with van der Waals surface area (Å²) in [4.78, 5) is 16.8. The number of hydrogen-bond acceptors (Lipinski definition) is 4. The number of fused-ring (bicyclic) bond motifs is 1. The van der Waals surface area contributed by atoms with Crippen LogP contribution in [0.1, 0.15) is 44.6 Å². The van der Waals surface area contributed by atoms with E-state index in [1.54, 1.807) is 0 Å². The second kappa shape index (κ2) is 10.2. The lowest BCUT2D eigenvalue weighted by molar-refractivity contribution is -0.142. The minimum atomic E-state index is -2.64.